The summed E-state index contributed by atoms with van der Waals surface area (Å²) in [5.74, 6) is 0.883. The fraction of sp³-hybridized carbons (Fsp3) is 0.323. The van der Waals surface area contributed by atoms with Crippen molar-refractivity contribution in [3.8, 4) is 5.75 Å². The highest BCUT2D eigenvalue weighted by molar-refractivity contribution is 6.00. The van der Waals surface area contributed by atoms with Gasteiger partial charge in [-0.1, -0.05) is 74.5 Å². The number of fused-ring (bicyclic) bond motifs is 1. The van der Waals surface area contributed by atoms with Crippen LogP contribution in [0.2, 0.25) is 0 Å². The Kier molecular flexibility index (Phi) is 6.93. The zero-order valence-electron chi connectivity index (χ0n) is 22.1. The summed E-state index contributed by atoms with van der Waals surface area (Å²) in [5, 5.41) is 3.17. The molecule has 2 aliphatic heterocycles. The maximum atomic E-state index is 13.6. The number of nitrogens with one attached hydrogen (secondary N) is 1. The first-order valence-corrected chi connectivity index (χ1v) is 13.1. The molecule has 3 aromatic carbocycles. The molecule has 3 N–H and O–H groups in total. The molecular weight excluding hydrogens is 476 g/mol. The third-order valence-electron chi connectivity index (χ3n) is 7.74. The highest BCUT2D eigenvalue weighted by atomic mass is 16.5. The van der Waals surface area contributed by atoms with Crippen LogP contribution < -0.4 is 15.8 Å². The van der Waals surface area contributed by atoms with E-state index in [1.54, 1.807) is 11.0 Å². The first-order chi connectivity index (χ1) is 18.3. The van der Waals surface area contributed by atoms with Gasteiger partial charge in [0.15, 0.2) is 5.96 Å². The van der Waals surface area contributed by atoms with Crippen molar-refractivity contribution in [2.24, 2.45) is 16.6 Å². The molecule has 2 heterocycles. The molecule has 3 aromatic rings. The van der Waals surface area contributed by atoms with Crippen LogP contribution in [0.3, 0.4) is 0 Å². The number of benzene rings is 3. The van der Waals surface area contributed by atoms with E-state index in [2.05, 4.69) is 5.32 Å². The first-order valence-electron chi connectivity index (χ1n) is 13.1. The van der Waals surface area contributed by atoms with Crippen LogP contribution in [-0.2, 0) is 4.79 Å². The Morgan fingerprint density at radius 1 is 1.05 bits per heavy atom. The summed E-state index contributed by atoms with van der Waals surface area (Å²) in [6.45, 7) is 6.61. The van der Waals surface area contributed by atoms with E-state index in [1.807, 2.05) is 93.6 Å². The van der Waals surface area contributed by atoms with Crippen molar-refractivity contribution in [2.75, 3.05) is 6.61 Å². The number of aliphatic imine (C=N–C) groups is 1. The minimum absolute atomic E-state index is 0.0868. The Balaban J connectivity index is 1.49. The predicted molar refractivity (Wildman–Crippen MR) is 148 cm³/mol. The Hall–Kier alpha value is -4.13. The average Bonchev–Trinajstić information content (AvgIpc) is 2.91. The van der Waals surface area contributed by atoms with E-state index in [0.29, 0.717) is 18.6 Å². The van der Waals surface area contributed by atoms with Crippen molar-refractivity contribution in [2.45, 2.75) is 51.2 Å². The SMILES string of the molecule is CC(C)[C@]1(C)CC(=O)N(C(c2ccccc2)c2cccc(C(=O)N[C@H]3CCOc4ccccc43)c2)C(N)=N1. The molecule has 196 valence electrons. The second-order valence-electron chi connectivity index (χ2n) is 10.6. The zero-order chi connectivity index (χ0) is 26.9. The molecule has 0 aliphatic carbocycles. The fourth-order valence-corrected chi connectivity index (χ4v) is 5.19. The molecule has 1 unspecified atom stereocenters. The van der Waals surface area contributed by atoms with Crippen molar-refractivity contribution in [3.05, 3.63) is 101 Å². The Bertz CT molecular complexity index is 1370. The minimum Gasteiger partial charge on any atom is -0.493 e. The topological polar surface area (TPSA) is 97.0 Å². The second kappa shape index (κ2) is 10.3. The van der Waals surface area contributed by atoms with Crippen LogP contribution in [0, 0.1) is 5.92 Å². The molecule has 0 bridgehead atoms. The molecule has 3 atom stereocenters. The quantitative estimate of drug-likeness (QED) is 0.488. The Morgan fingerprint density at radius 3 is 2.50 bits per heavy atom. The molecule has 0 radical (unpaired) electrons. The van der Waals surface area contributed by atoms with Crippen LogP contribution in [0.5, 0.6) is 5.75 Å². The van der Waals surface area contributed by atoms with Crippen LogP contribution >= 0.6 is 0 Å². The Morgan fingerprint density at radius 2 is 1.76 bits per heavy atom. The van der Waals surface area contributed by atoms with E-state index in [0.717, 1.165) is 22.4 Å². The number of hydrogen-bond acceptors (Lipinski definition) is 5. The lowest BCUT2D eigenvalue weighted by atomic mass is 9.83. The third-order valence-corrected chi connectivity index (χ3v) is 7.74. The molecule has 2 amide bonds. The van der Waals surface area contributed by atoms with E-state index in [1.165, 1.54) is 0 Å². The lowest BCUT2D eigenvalue weighted by Crippen LogP contribution is -2.53. The fourth-order valence-electron chi connectivity index (χ4n) is 5.19. The van der Waals surface area contributed by atoms with Gasteiger partial charge in [0.25, 0.3) is 5.91 Å². The van der Waals surface area contributed by atoms with Gasteiger partial charge < -0.3 is 15.8 Å². The van der Waals surface area contributed by atoms with E-state index in [9.17, 15) is 9.59 Å². The number of guanidine groups is 1. The third kappa shape index (κ3) is 4.88. The standard InChI is InChI=1S/C31H34N4O3/c1-20(2)31(3)19-27(36)35(30(32)34-31)28(21-10-5-4-6-11-21)22-12-9-13-23(18-22)29(37)33-25-16-17-38-26-15-8-7-14-24(25)26/h4-15,18,20,25,28H,16-17,19H2,1-3H3,(H2,32,34)(H,33,37)/t25-,28?,31-/m0/s1. The summed E-state index contributed by atoms with van der Waals surface area (Å²) in [6, 6.07) is 24.3. The summed E-state index contributed by atoms with van der Waals surface area (Å²) < 4.78 is 5.75. The number of rotatable bonds is 6. The van der Waals surface area contributed by atoms with Gasteiger partial charge in [-0.25, -0.2) is 4.99 Å². The summed E-state index contributed by atoms with van der Waals surface area (Å²) in [6.07, 6.45) is 0.955. The van der Waals surface area contributed by atoms with Crippen molar-refractivity contribution >= 4 is 17.8 Å². The zero-order valence-corrected chi connectivity index (χ0v) is 22.1. The molecule has 0 saturated carbocycles. The summed E-state index contributed by atoms with van der Waals surface area (Å²) in [5.41, 5.74) is 9.10. The number of hydrogen-bond donors (Lipinski definition) is 2. The van der Waals surface area contributed by atoms with E-state index >= 15 is 0 Å². The van der Waals surface area contributed by atoms with Crippen LogP contribution in [0.15, 0.2) is 83.9 Å². The van der Waals surface area contributed by atoms with Gasteiger partial charge in [-0.3, -0.25) is 14.5 Å². The number of carbonyl (C=O) groups excluding carboxylic acids is 2. The van der Waals surface area contributed by atoms with Crippen LogP contribution in [0.1, 0.15) is 72.7 Å². The van der Waals surface area contributed by atoms with Crippen molar-refractivity contribution < 1.29 is 14.3 Å². The smallest absolute Gasteiger partial charge is 0.251 e. The number of carbonyl (C=O) groups is 2. The molecule has 2 aliphatic rings. The monoisotopic (exact) mass is 510 g/mol. The van der Waals surface area contributed by atoms with Crippen LogP contribution in [0.4, 0.5) is 0 Å². The van der Waals surface area contributed by atoms with Gasteiger partial charge in [0.2, 0.25) is 5.91 Å². The summed E-state index contributed by atoms with van der Waals surface area (Å²) in [4.78, 5) is 33.4. The van der Waals surface area contributed by atoms with E-state index in [4.69, 9.17) is 15.5 Å². The van der Waals surface area contributed by atoms with Gasteiger partial charge in [0, 0.05) is 17.5 Å². The molecule has 38 heavy (non-hydrogen) atoms. The highest BCUT2D eigenvalue weighted by Crippen LogP contribution is 2.37. The Labute approximate surface area is 223 Å². The molecule has 0 fully saturated rings. The average molecular weight is 511 g/mol. The molecule has 0 aromatic heterocycles. The van der Waals surface area contributed by atoms with Gasteiger partial charge in [-0.05, 0) is 42.2 Å². The lowest BCUT2D eigenvalue weighted by Gasteiger charge is -2.41. The molecule has 7 nitrogen and oxygen atoms in total. The number of amides is 2. The van der Waals surface area contributed by atoms with Crippen molar-refractivity contribution in [1.82, 2.24) is 10.2 Å². The maximum absolute atomic E-state index is 13.6. The molecule has 0 saturated heterocycles. The molecule has 0 spiro atoms. The van der Waals surface area contributed by atoms with Crippen molar-refractivity contribution in [1.29, 1.82) is 0 Å². The number of ether oxygens (including phenoxy) is 1. The first kappa shape index (κ1) is 25.5. The summed E-state index contributed by atoms with van der Waals surface area (Å²) >= 11 is 0. The minimum atomic E-state index is -0.555. The number of nitrogens with zero attached hydrogens (tertiary/aromatic N) is 2. The van der Waals surface area contributed by atoms with Crippen LogP contribution in [-0.4, -0.2) is 34.8 Å². The van der Waals surface area contributed by atoms with E-state index < -0.39 is 11.6 Å². The summed E-state index contributed by atoms with van der Waals surface area (Å²) in [7, 11) is 0. The molecule has 7 heteroatoms. The second-order valence-corrected chi connectivity index (χ2v) is 10.6. The van der Waals surface area contributed by atoms with Gasteiger partial charge in [-0.2, -0.15) is 0 Å². The van der Waals surface area contributed by atoms with Gasteiger partial charge in [0.05, 0.1) is 30.7 Å². The normalized spacial score (nSPS) is 21.8. The number of nitrogens with two attached hydrogens (primary N) is 1. The van der Waals surface area contributed by atoms with Gasteiger partial charge in [0.1, 0.15) is 5.75 Å². The van der Waals surface area contributed by atoms with E-state index in [-0.39, 0.29) is 36.2 Å². The highest BCUT2D eigenvalue weighted by Gasteiger charge is 2.41. The van der Waals surface area contributed by atoms with Crippen molar-refractivity contribution in [3.63, 3.8) is 0 Å². The number of para-hydroxylation sites is 1. The lowest BCUT2D eigenvalue weighted by molar-refractivity contribution is -0.131. The van der Waals surface area contributed by atoms with Crippen LogP contribution in [0.25, 0.3) is 0 Å². The van der Waals surface area contributed by atoms with Gasteiger partial charge >= 0.3 is 0 Å². The maximum Gasteiger partial charge on any atom is 0.251 e. The molecule has 5 rings (SSSR count). The molecular formula is C31H34N4O3. The largest absolute Gasteiger partial charge is 0.493 e. The predicted octanol–water partition coefficient (Wildman–Crippen LogP) is 4.99. The van der Waals surface area contributed by atoms with Gasteiger partial charge in [-0.15, -0.1) is 0 Å².